The zero-order chi connectivity index (χ0) is 20.0. The van der Waals surface area contributed by atoms with Gasteiger partial charge in [-0.25, -0.2) is 4.98 Å². The van der Waals surface area contributed by atoms with Crippen LogP contribution in [-0.2, 0) is 20.0 Å². The van der Waals surface area contributed by atoms with E-state index < -0.39 is 0 Å². The highest BCUT2D eigenvalue weighted by atomic mass is 32.1. The number of methoxy groups -OCH3 is 1. The molecule has 2 aromatic carbocycles. The molecule has 0 saturated heterocycles. The van der Waals surface area contributed by atoms with E-state index in [2.05, 4.69) is 39.9 Å². The fraction of sp³-hybridized carbons (Fsp3) is 0.217. The number of rotatable bonds is 3. The van der Waals surface area contributed by atoms with Gasteiger partial charge in [0.05, 0.1) is 12.8 Å². The number of carbonyl (C=O) groups is 1. The molecule has 5 rings (SSSR count). The molecule has 0 atom stereocenters. The lowest BCUT2D eigenvalue weighted by Gasteiger charge is -2.28. The summed E-state index contributed by atoms with van der Waals surface area (Å²) in [5.74, 6) is 0.857. The quantitative estimate of drug-likeness (QED) is 0.506. The smallest absolute Gasteiger partial charge is 0.273 e. The van der Waals surface area contributed by atoms with Crippen LogP contribution in [0.5, 0.6) is 5.75 Å². The molecule has 1 aliphatic heterocycles. The van der Waals surface area contributed by atoms with Crippen molar-refractivity contribution in [1.29, 1.82) is 0 Å². The maximum absolute atomic E-state index is 13.1. The van der Waals surface area contributed by atoms with E-state index >= 15 is 0 Å². The number of ether oxygens (including phenoxy) is 1. The number of carbonyl (C=O) groups excluding carboxylic acids is 1. The van der Waals surface area contributed by atoms with Crippen LogP contribution in [0.15, 0.2) is 53.9 Å². The third-order valence-corrected chi connectivity index (χ3v) is 6.47. The lowest BCUT2D eigenvalue weighted by Crippen LogP contribution is -2.36. The minimum absolute atomic E-state index is 0.00673. The normalized spacial score (nSPS) is 13.5. The Kier molecular flexibility index (Phi) is 4.36. The molecule has 0 fully saturated rings. The number of fused-ring (bicyclic) bond motifs is 2. The van der Waals surface area contributed by atoms with Crippen molar-refractivity contribution in [3.63, 3.8) is 0 Å². The van der Waals surface area contributed by atoms with Gasteiger partial charge in [-0.15, -0.1) is 11.3 Å². The van der Waals surface area contributed by atoms with Gasteiger partial charge in [-0.1, -0.05) is 24.3 Å². The van der Waals surface area contributed by atoms with Gasteiger partial charge in [0, 0.05) is 36.4 Å². The predicted molar refractivity (Wildman–Crippen MR) is 115 cm³/mol. The minimum atomic E-state index is -0.00673. The lowest BCUT2D eigenvalue weighted by molar-refractivity contribution is 0.0729. The Hall–Kier alpha value is -3.12. The van der Waals surface area contributed by atoms with Crippen LogP contribution in [0.3, 0.4) is 0 Å². The van der Waals surface area contributed by atoms with Gasteiger partial charge in [0.15, 0.2) is 0 Å². The van der Waals surface area contributed by atoms with E-state index in [1.807, 2.05) is 35.5 Å². The molecule has 0 aliphatic carbocycles. The van der Waals surface area contributed by atoms with E-state index in [0.29, 0.717) is 18.8 Å². The molecule has 1 amide bonds. The molecule has 3 heterocycles. The first kappa shape index (κ1) is 17.9. The molecule has 0 unspecified atom stereocenters. The van der Waals surface area contributed by atoms with Gasteiger partial charge in [0.1, 0.15) is 16.5 Å². The van der Waals surface area contributed by atoms with Crippen molar-refractivity contribution in [2.75, 3.05) is 13.7 Å². The highest BCUT2D eigenvalue weighted by Gasteiger charge is 2.24. The Morgan fingerprint density at radius 3 is 2.83 bits per heavy atom. The summed E-state index contributed by atoms with van der Waals surface area (Å²) >= 11 is 1.52. The first-order valence-corrected chi connectivity index (χ1v) is 10.5. The van der Waals surface area contributed by atoms with Crippen LogP contribution >= 0.6 is 11.3 Å². The summed E-state index contributed by atoms with van der Waals surface area (Å²) in [6, 6.07) is 16.5. The largest absolute Gasteiger partial charge is 0.497 e. The van der Waals surface area contributed by atoms with Crippen LogP contribution in [0.1, 0.15) is 21.6 Å². The number of hydrogen-bond acceptors (Lipinski definition) is 4. The third-order valence-electron chi connectivity index (χ3n) is 5.61. The summed E-state index contributed by atoms with van der Waals surface area (Å²) < 4.78 is 7.44. The first-order chi connectivity index (χ1) is 14.1. The highest BCUT2D eigenvalue weighted by Crippen LogP contribution is 2.30. The van der Waals surface area contributed by atoms with Crippen LogP contribution in [0.25, 0.3) is 21.6 Å². The zero-order valence-electron chi connectivity index (χ0n) is 16.4. The number of nitrogens with zero attached hydrogens (tertiary/aromatic N) is 3. The summed E-state index contributed by atoms with van der Waals surface area (Å²) in [5.41, 5.74) is 5.14. The number of benzene rings is 2. The number of hydrogen-bond donors (Lipinski definition) is 0. The molecular formula is C23H21N3O2S. The van der Waals surface area contributed by atoms with E-state index in [9.17, 15) is 4.79 Å². The lowest BCUT2D eigenvalue weighted by atomic mass is 9.99. The molecule has 2 aromatic heterocycles. The van der Waals surface area contributed by atoms with E-state index in [-0.39, 0.29) is 5.91 Å². The molecule has 0 bridgehead atoms. The maximum atomic E-state index is 13.1. The Morgan fingerprint density at radius 2 is 2.00 bits per heavy atom. The van der Waals surface area contributed by atoms with Crippen molar-refractivity contribution in [3.8, 4) is 16.5 Å². The van der Waals surface area contributed by atoms with Crippen molar-refractivity contribution < 1.29 is 9.53 Å². The molecule has 5 nitrogen and oxygen atoms in total. The molecule has 146 valence electrons. The second-order valence-electron chi connectivity index (χ2n) is 7.30. The number of thiazole rings is 1. The zero-order valence-corrected chi connectivity index (χ0v) is 17.2. The van der Waals surface area contributed by atoms with E-state index in [1.165, 1.54) is 27.8 Å². The van der Waals surface area contributed by atoms with E-state index in [1.54, 1.807) is 7.11 Å². The van der Waals surface area contributed by atoms with Crippen LogP contribution in [0.2, 0.25) is 0 Å². The standard InChI is InChI=1S/C23H21N3O2S/c1-25-20-6-4-3-5-16(20)12-21(25)22-24-19(14-29-22)23(27)26-10-9-15-11-18(28-2)8-7-17(15)13-26/h3-8,11-12,14H,9-10,13H2,1-2H3. The molecule has 6 heteroatoms. The van der Waals surface area contributed by atoms with Crippen molar-refractivity contribution in [3.05, 3.63) is 70.7 Å². The second-order valence-corrected chi connectivity index (χ2v) is 8.15. The molecule has 0 spiro atoms. The molecule has 0 radical (unpaired) electrons. The Morgan fingerprint density at radius 1 is 1.14 bits per heavy atom. The van der Waals surface area contributed by atoms with Gasteiger partial charge in [-0.05, 0) is 41.8 Å². The fourth-order valence-electron chi connectivity index (χ4n) is 3.98. The van der Waals surface area contributed by atoms with Gasteiger partial charge in [0.2, 0.25) is 0 Å². The minimum Gasteiger partial charge on any atom is -0.497 e. The third kappa shape index (κ3) is 3.09. The highest BCUT2D eigenvalue weighted by molar-refractivity contribution is 7.13. The number of para-hydroxylation sites is 1. The fourth-order valence-corrected chi connectivity index (χ4v) is 4.82. The van der Waals surface area contributed by atoms with Crippen LogP contribution in [0, 0.1) is 0 Å². The number of amides is 1. The first-order valence-electron chi connectivity index (χ1n) is 9.59. The van der Waals surface area contributed by atoms with Crippen LogP contribution in [0.4, 0.5) is 0 Å². The SMILES string of the molecule is COc1ccc2c(c1)CCN(C(=O)c1csc(-c3cc4ccccc4n3C)n1)C2. The van der Waals surface area contributed by atoms with E-state index in [0.717, 1.165) is 28.4 Å². The predicted octanol–water partition coefficient (Wildman–Crippen LogP) is 4.51. The molecule has 0 N–H and O–H groups in total. The summed E-state index contributed by atoms with van der Waals surface area (Å²) in [6.07, 6.45) is 0.832. The van der Waals surface area contributed by atoms with Gasteiger partial charge < -0.3 is 14.2 Å². The summed E-state index contributed by atoms with van der Waals surface area (Å²) in [6.45, 7) is 1.30. The molecular weight excluding hydrogens is 382 g/mol. The van der Waals surface area contributed by atoms with Gasteiger partial charge in [-0.2, -0.15) is 0 Å². The second kappa shape index (κ2) is 7.04. The monoisotopic (exact) mass is 403 g/mol. The van der Waals surface area contributed by atoms with E-state index in [4.69, 9.17) is 4.74 Å². The molecule has 4 aromatic rings. The molecule has 1 aliphatic rings. The van der Waals surface area contributed by atoms with Crippen molar-refractivity contribution in [2.45, 2.75) is 13.0 Å². The van der Waals surface area contributed by atoms with Crippen molar-refractivity contribution >= 4 is 28.1 Å². The van der Waals surface area contributed by atoms with Crippen molar-refractivity contribution in [2.24, 2.45) is 7.05 Å². The summed E-state index contributed by atoms with van der Waals surface area (Å²) in [5, 5.41) is 3.92. The van der Waals surface area contributed by atoms with Crippen LogP contribution in [-0.4, -0.2) is 34.0 Å². The number of aromatic nitrogens is 2. The molecule has 29 heavy (non-hydrogen) atoms. The maximum Gasteiger partial charge on any atom is 0.273 e. The van der Waals surface area contributed by atoms with Crippen LogP contribution < -0.4 is 4.74 Å². The average molecular weight is 404 g/mol. The van der Waals surface area contributed by atoms with Gasteiger partial charge >= 0.3 is 0 Å². The number of aryl methyl sites for hydroxylation is 1. The Balaban J connectivity index is 1.40. The van der Waals surface area contributed by atoms with Gasteiger partial charge in [-0.3, -0.25) is 4.79 Å². The summed E-state index contributed by atoms with van der Waals surface area (Å²) in [4.78, 5) is 19.6. The summed E-state index contributed by atoms with van der Waals surface area (Å²) in [7, 11) is 3.71. The van der Waals surface area contributed by atoms with Crippen molar-refractivity contribution in [1.82, 2.24) is 14.5 Å². The topological polar surface area (TPSA) is 47.4 Å². The average Bonchev–Trinajstić information content (AvgIpc) is 3.37. The Labute approximate surface area is 173 Å². The van der Waals surface area contributed by atoms with Gasteiger partial charge in [0.25, 0.3) is 5.91 Å². The Bertz CT molecular complexity index is 1220. The molecule has 0 saturated carbocycles.